The normalized spacial score (nSPS) is 12.9. The number of aliphatic hydroxyl groups excluding tert-OH is 1. The number of hydrogen-bond donors (Lipinski definition) is 2. The summed E-state index contributed by atoms with van der Waals surface area (Å²) in [5, 5.41) is 13.1. The lowest BCUT2D eigenvalue weighted by Gasteiger charge is -2.09. The van der Waals surface area contributed by atoms with Gasteiger partial charge in [0.25, 0.3) is 0 Å². The van der Waals surface area contributed by atoms with Crippen molar-refractivity contribution in [2.45, 2.75) is 19.4 Å². The van der Waals surface area contributed by atoms with E-state index in [0.29, 0.717) is 12.3 Å². The van der Waals surface area contributed by atoms with E-state index in [2.05, 4.69) is 5.10 Å². The smallest absolute Gasteiger partial charge is 0.214 e. The SMILES string of the molecule is COc1c(CC(N)CO)c(C)nn1C. The molecule has 1 atom stereocenters. The first-order valence-electron chi connectivity index (χ1n) is 4.53. The second-order valence-corrected chi connectivity index (χ2v) is 3.34. The van der Waals surface area contributed by atoms with Crippen molar-refractivity contribution in [2.24, 2.45) is 12.8 Å². The second kappa shape index (κ2) is 4.43. The Bertz CT molecular complexity index is 309. The number of methoxy groups -OCH3 is 1. The van der Waals surface area contributed by atoms with Gasteiger partial charge in [0.05, 0.1) is 19.4 Å². The number of aromatic nitrogens is 2. The zero-order valence-corrected chi connectivity index (χ0v) is 8.82. The average molecular weight is 199 g/mol. The molecule has 0 spiro atoms. The molecule has 5 nitrogen and oxygen atoms in total. The Kier molecular flexibility index (Phi) is 3.49. The van der Waals surface area contributed by atoms with Gasteiger partial charge in [0.15, 0.2) is 0 Å². The molecule has 0 aromatic carbocycles. The molecule has 14 heavy (non-hydrogen) atoms. The monoisotopic (exact) mass is 199 g/mol. The van der Waals surface area contributed by atoms with Crippen LogP contribution in [0.1, 0.15) is 11.3 Å². The molecule has 0 fully saturated rings. The van der Waals surface area contributed by atoms with Gasteiger partial charge in [-0.1, -0.05) is 0 Å². The van der Waals surface area contributed by atoms with E-state index in [4.69, 9.17) is 15.6 Å². The Morgan fingerprint density at radius 3 is 2.79 bits per heavy atom. The van der Waals surface area contributed by atoms with Crippen LogP contribution >= 0.6 is 0 Å². The minimum atomic E-state index is -0.258. The number of nitrogens with zero attached hydrogens (tertiary/aromatic N) is 2. The summed E-state index contributed by atoms with van der Waals surface area (Å²) in [6, 6.07) is -0.258. The first kappa shape index (κ1) is 11.0. The third-order valence-electron chi connectivity index (χ3n) is 2.18. The molecule has 0 radical (unpaired) electrons. The fourth-order valence-corrected chi connectivity index (χ4v) is 1.50. The van der Waals surface area contributed by atoms with Crippen LogP contribution in [-0.2, 0) is 13.5 Å². The summed E-state index contributed by atoms with van der Waals surface area (Å²) in [7, 11) is 3.42. The van der Waals surface area contributed by atoms with E-state index in [9.17, 15) is 0 Å². The summed E-state index contributed by atoms with van der Waals surface area (Å²) in [4.78, 5) is 0. The molecule has 0 saturated carbocycles. The maximum absolute atomic E-state index is 8.86. The van der Waals surface area contributed by atoms with E-state index in [0.717, 1.165) is 11.3 Å². The highest BCUT2D eigenvalue weighted by Crippen LogP contribution is 2.21. The molecule has 1 heterocycles. The summed E-state index contributed by atoms with van der Waals surface area (Å²) >= 11 is 0. The topological polar surface area (TPSA) is 73.3 Å². The van der Waals surface area contributed by atoms with Gasteiger partial charge in [0.2, 0.25) is 5.88 Å². The number of rotatable bonds is 4. The van der Waals surface area contributed by atoms with Gasteiger partial charge in [-0.2, -0.15) is 5.10 Å². The van der Waals surface area contributed by atoms with Crippen LogP contribution in [0, 0.1) is 6.92 Å². The van der Waals surface area contributed by atoms with Crippen molar-refractivity contribution in [3.05, 3.63) is 11.3 Å². The Hall–Kier alpha value is -1.07. The predicted molar refractivity (Wildman–Crippen MR) is 53.3 cm³/mol. The molecule has 1 aromatic rings. The van der Waals surface area contributed by atoms with E-state index in [-0.39, 0.29) is 12.6 Å². The third-order valence-corrected chi connectivity index (χ3v) is 2.18. The lowest BCUT2D eigenvalue weighted by molar-refractivity contribution is 0.264. The molecule has 1 rings (SSSR count). The minimum absolute atomic E-state index is 0.0303. The van der Waals surface area contributed by atoms with E-state index >= 15 is 0 Å². The van der Waals surface area contributed by atoms with Crippen molar-refractivity contribution in [3.63, 3.8) is 0 Å². The van der Waals surface area contributed by atoms with Crippen LogP contribution in [0.4, 0.5) is 0 Å². The predicted octanol–water partition coefficient (Wildman–Crippen LogP) is -0.401. The molecule has 5 heteroatoms. The van der Waals surface area contributed by atoms with Crippen LogP contribution < -0.4 is 10.5 Å². The Morgan fingerprint density at radius 2 is 2.29 bits per heavy atom. The number of hydrogen-bond acceptors (Lipinski definition) is 4. The summed E-state index contributed by atoms with van der Waals surface area (Å²) in [5.41, 5.74) is 7.53. The Balaban J connectivity index is 2.94. The highest BCUT2D eigenvalue weighted by Gasteiger charge is 2.16. The standard InChI is InChI=1S/C9H17N3O2/c1-6-8(4-7(10)5-13)9(14-3)12(2)11-6/h7,13H,4-5,10H2,1-3H3. The maximum atomic E-state index is 8.86. The van der Waals surface area contributed by atoms with Crippen LogP contribution in [0.3, 0.4) is 0 Å². The number of aryl methyl sites for hydroxylation is 2. The van der Waals surface area contributed by atoms with Gasteiger partial charge in [0.1, 0.15) is 0 Å². The molecule has 80 valence electrons. The van der Waals surface area contributed by atoms with Crippen molar-refractivity contribution < 1.29 is 9.84 Å². The van der Waals surface area contributed by atoms with E-state index < -0.39 is 0 Å². The van der Waals surface area contributed by atoms with Gasteiger partial charge in [-0.25, -0.2) is 4.68 Å². The number of aliphatic hydroxyl groups is 1. The summed E-state index contributed by atoms with van der Waals surface area (Å²) in [6.45, 7) is 1.87. The second-order valence-electron chi connectivity index (χ2n) is 3.34. The van der Waals surface area contributed by atoms with Crippen LogP contribution in [0.15, 0.2) is 0 Å². The van der Waals surface area contributed by atoms with Gasteiger partial charge in [0, 0.05) is 18.7 Å². The summed E-state index contributed by atoms with van der Waals surface area (Å²) in [5.74, 6) is 0.714. The van der Waals surface area contributed by atoms with Crippen molar-refractivity contribution in [1.29, 1.82) is 0 Å². The summed E-state index contributed by atoms with van der Waals surface area (Å²) in [6.07, 6.45) is 0.583. The zero-order valence-electron chi connectivity index (χ0n) is 8.82. The van der Waals surface area contributed by atoms with Crippen molar-refractivity contribution in [2.75, 3.05) is 13.7 Å². The van der Waals surface area contributed by atoms with Crippen molar-refractivity contribution >= 4 is 0 Å². The van der Waals surface area contributed by atoms with Crippen LogP contribution in [0.5, 0.6) is 5.88 Å². The van der Waals surface area contributed by atoms with Gasteiger partial charge in [-0.3, -0.25) is 0 Å². The van der Waals surface area contributed by atoms with Crippen molar-refractivity contribution in [1.82, 2.24) is 9.78 Å². The van der Waals surface area contributed by atoms with Crippen LogP contribution in [0.25, 0.3) is 0 Å². The van der Waals surface area contributed by atoms with Gasteiger partial charge >= 0.3 is 0 Å². The molecular weight excluding hydrogens is 182 g/mol. The first-order chi connectivity index (χ1) is 6.60. The van der Waals surface area contributed by atoms with E-state index in [1.807, 2.05) is 14.0 Å². The molecule has 1 aromatic heterocycles. The Morgan fingerprint density at radius 1 is 1.64 bits per heavy atom. The third kappa shape index (κ3) is 2.05. The lowest BCUT2D eigenvalue weighted by Crippen LogP contribution is -2.27. The molecule has 0 aliphatic carbocycles. The molecule has 0 bridgehead atoms. The molecular formula is C9H17N3O2. The molecule has 1 unspecified atom stereocenters. The van der Waals surface area contributed by atoms with E-state index in [1.165, 1.54) is 0 Å². The average Bonchev–Trinajstić information content (AvgIpc) is 2.41. The van der Waals surface area contributed by atoms with Crippen LogP contribution in [-0.4, -0.2) is 34.6 Å². The number of ether oxygens (including phenoxy) is 1. The van der Waals surface area contributed by atoms with Crippen molar-refractivity contribution in [3.8, 4) is 5.88 Å². The molecule has 3 N–H and O–H groups in total. The maximum Gasteiger partial charge on any atom is 0.214 e. The summed E-state index contributed by atoms with van der Waals surface area (Å²) < 4.78 is 6.88. The highest BCUT2D eigenvalue weighted by molar-refractivity contribution is 5.31. The molecule has 0 amide bonds. The minimum Gasteiger partial charge on any atom is -0.481 e. The first-order valence-corrected chi connectivity index (χ1v) is 4.53. The quantitative estimate of drug-likeness (QED) is 0.692. The fraction of sp³-hybridized carbons (Fsp3) is 0.667. The highest BCUT2D eigenvalue weighted by atomic mass is 16.5. The zero-order chi connectivity index (χ0) is 10.7. The van der Waals surface area contributed by atoms with Gasteiger partial charge < -0.3 is 15.6 Å². The molecule has 0 saturated heterocycles. The van der Waals surface area contributed by atoms with Crippen LogP contribution in [0.2, 0.25) is 0 Å². The van der Waals surface area contributed by atoms with Gasteiger partial charge in [-0.15, -0.1) is 0 Å². The molecule has 0 aliphatic heterocycles. The Labute approximate surface area is 83.5 Å². The molecule has 0 aliphatic rings. The van der Waals surface area contributed by atoms with E-state index in [1.54, 1.807) is 11.8 Å². The number of nitrogens with two attached hydrogens (primary N) is 1. The fourth-order valence-electron chi connectivity index (χ4n) is 1.50. The lowest BCUT2D eigenvalue weighted by atomic mass is 10.1. The van der Waals surface area contributed by atoms with Gasteiger partial charge in [-0.05, 0) is 13.3 Å². The largest absolute Gasteiger partial charge is 0.481 e.